The van der Waals surface area contributed by atoms with E-state index >= 15 is 0 Å². The van der Waals surface area contributed by atoms with Gasteiger partial charge in [-0.2, -0.15) is 0 Å². The summed E-state index contributed by atoms with van der Waals surface area (Å²) in [5.41, 5.74) is -1.42. The van der Waals surface area contributed by atoms with E-state index in [9.17, 15) is 57.5 Å². The van der Waals surface area contributed by atoms with Crippen molar-refractivity contribution in [2.24, 2.45) is 0 Å². The van der Waals surface area contributed by atoms with Gasteiger partial charge in [-0.1, -0.05) is 72.8 Å². The van der Waals surface area contributed by atoms with Gasteiger partial charge < -0.3 is 60.5 Å². The molecule has 0 unspecified atom stereocenters. The highest BCUT2D eigenvalue weighted by molar-refractivity contribution is 6.05. The Labute approximate surface area is 428 Å². The number of rotatable bonds is 14. The first-order chi connectivity index (χ1) is 35.8. The SMILES string of the molecule is CCOC(=O)c1ccccc1C(=O)OCC.O=C(O)c1ccccc1C(=O)O.O=C(O)c1ccccc1C(=O)O.O=C(O)c1ccccc1C(=O)O.O=C(O)c1ccccc1C(=O)O.O=C(O)c1ccccc1C(=O)O. The Morgan fingerprint density at radius 2 is 0.342 bits per heavy atom. The maximum atomic E-state index is 11.5. The first-order valence-corrected chi connectivity index (χ1v) is 21.0. The fourth-order valence-corrected chi connectivity index (χ4v) is 5.54. The molecule has 396 valence electrons. The smallest absolute Gasteiger partial charge is 0.338 e. The molecule has 76 heavy (non-hydrogen) atoms. The molecule has 0 aliphatic carbocycles. The molecule has 0 saturated carbocycles. The van der Waals surface area contributed by atoms with Crippen molar-refractivity contribution in [3.05, 3.63) is 212 Å². The van der Waals surface area contributed by atoms with Gasteiger partial charge in [-0.15, -0.1) is 0 Å². The maximum Gasteiger partial charge on any atom is 0.338 e. The lowest BCUT2D eigenvalue weighted by atomic mass is 10.1. The minimum absolute atomic E-state index is 0.190. The molecular formula is C52H44O24. The monoisotopic (exact) mass is 1050 g/mol. The first-order valence-electron chi connectivity index (χ1n) is 21.0. The highest BCUT2D eigenvalue weighted by Gasteiger charge is 2.19. The van der Waals surface area contributed by atoms with Crippen LogP contribution in [0.2, 0.25) is 0 Å². The summed E-state index contributed by atoms with van der Waals surface area (Å²) < 4.78 is 9.70. The number of hydrogen-bond donors (Lipinski definition) is 10. The summed E-state index contributed by atoms with van der Waals surface area (Å²) in [4.78, 5) is 128. The molecule has 0 heterocycles. The lowest BCUT2D eigenvalue weighted by Crippen LogP contribution is -2.13. The Morgan fingerprint density at radius 3 is 0.434 bits per heavy atom. The summed E-state index contributed by atoms with van der Waals surface area (Å²) in [6.07, 6.45) is 0. The second-order valence-corrected chi connectivity index (χ2v) is 13.8. The molecule has 0 radical (unpaired) electrons. The van der Waals surface area contributed by atoms with Crippen LogP contribution in [0.1, 0.15) is 138 Å². The van der Waals surface area contributed by atoms with Gasteiger partial charge in [0.15, 0.2) is 0 Å². The van der Waals surface area contributed by atoms with E-state index < -0.39 is 71.6 Å². The summed E-state index contributed by atoms with van der Waals surface area (Å²) in [6, 6.07) is 33.8. The quantitative estimate of drug-likeness (QED) is 0.0473. The fraction of sp³-hybridized carbons (Fsp3) is 0.0769. The van der Waals surface area contributed by atoms with Crippen LogP contribution in [0.5, 0.6) is 0 Å². The number of esters is 2. The lowest BCUT2D eigenvalue weighted by Gasteiger charge is -2.07. The molecule has 0 spiro atoms. The van der Waals surface area contributed by atoms with Gasteiger partial charge in [0.2, 0.25) is 0 Å². The van der Waals surface area contributed by atoms with Crippen LogP contribution in [0.25, 0.3) is 0 Å². The normalized spacial score (nSPS) is 9.39. The van der Waals surface area contributed by atoms with Gasteiger partial charge in [-0.25, -0.2) is 57.5 Å². The number of carbonyl (C=O) groups is 12. The molecule has 0 aliphatic rings. The molecule has 0 saturated heterocycles. The molecule has 24 heteroatoms. The largest absolute Gasteiger partial charge is 0.478 e. The topological polar surface area (TPSA) is 426 Å². The summed E-state index contributed by atoms with van der Waals surface area (Å²) in [6.45, 7) is 3.97. The van der Waals surface area contributed by atoms with E-state index in [-0.39, 0.29) is 80.0 Å². The molecule has 0 amide bonds. The van der Waals surface area contributed by atoms with Gasteiger partial charge in [0, 0.05) is 0 Å². The Hall–Kier alpha value is -11.0. The molecule has 0 aromatic heterocycles. The maximum absolute atomic E-state index is 11.5. The molecule has 0 atom stereocenters. The van der Waals surface area contributed by atoms with Crippen molar-refractivity contribution in [3.8, 4) is 0 Å². The van der Waals surface area contributed by atoms with Crippen molar-refractivity contribution >= 4 is 71.6 Å². The highest BCUT2D eigenvalue weighted by Crippen LogP contribution is 2.14. The second-order valence-electron chi connectivity index (χ2n) is 13.8. The van der Waals surface area contributed by atoms with Crippen LogP contribution >= 0.6 is 0 Å². The molecule has 0 bridgehead atoms. The van der Waals surface area contributed by atoms with E-state index in [1.54, 1.807) is 38.1 Å². The Kier molecular flexibility index (Phi) is 26.5. The highest BCUT2D eigenvalue weighted by atomic mass is 16.5. The Bertz CT molecular complexity index is 2510. The van der Waals surface area contributed by atoms with Crippen molar-refractivity contribution < 1.29 is 118 Å². The van der Waals surface area contributed by atoms with Crippen molar-refractivity contribution in [2.75, 3.05) is 13.2 Å². The average molecular weight is 1050 g/mol. The van der Waals surface area contributed by atoms with Crippen LogP contribution in [0.3, 0.4) is 0 Å². The zero-order chi connectivity index (χ0) is 57.7. The van der Waals surface area contributed by atoms with Crippen LogP contribution in [-0.2, 0) is 9.47 Å². The van der Waals surface area contributed by atoms with Crippen molar-refractivity contribution in [3.63, 3.8) is 0 Å². The van der Waals surface area contributed by atoms with Gasteiger partial charge in [-0.3, -0.25) is 0 Å². The zero-order valence-electron chi connectivity index (χ0n) is 39.5. The predicted octanol–water partition coefficient (Wildman–Crippen LogP) is 7.46. The van der Waals surface area contributed by atoms with Crippen LogP contribution in [0, 0.1) is 0 Å². The van der Waals surface area contributed by atoms with Gasteiger partial charge in [0.25, 0.3) is 0 Å². The standard InChI is InChI=1S/C12H14O4.5C8H6O4/c1-3-15-11(13)9-7-5-6-8-10(9)12(14)16-4-2;5*9-7(10)5-3-1-2-4-6(5)8(11)12/h5-8H,3-4H2,1-2H3;5*1-4H,(H,9,10)(H,11,12). The minimum Gasteiger partial charge on any atom is -0.478 e. The Balaban J connectivity index is 0.000000458. The third-order valence-electron chi connectivity index (χ3n) is 8.86. The van der Waals surface area contributed by atoms with E-state index in [2.05, 4.69) is 0 Å². The summed E-state index contributed by atoms with van der Waals surface area (Å²) in [5.74, 6) is -13.3. The number of hydrogen-bond acceptors (Lipinski definition) is 14. The molecule has 24 nitrogen and oxygen atoms in total. The Morgan fingerprint density at radius 1 is 0.237 bits per heavy atom. The minimum atomic E-state index is -1.23. The van der Waals surface area contributed by atoms with Crippen molar-refractivity contribution in [1.29, 1.82) is 0 Å². The zero-order valence-corrected chi connectivity index (χ0v) is 39.5. The van der Waals surface area contributed by atoms with Crippen LogP contribution in [-0.4, -0.2) is 136 Å². The average Bonchev–Trinajstić information content (AvgIpc) is 3.39. The molecule has 0 fully saturated rings. The molecular weight excluding hydrogens is 1010 g/mol. The lowest BCUT2D eigenvalue weighted by molar-refractivity contribution is 0.0479. The first kappa shape index (κ1) is 63.0. The predicted molar refractivity (Wildman–Crippen MR) is 260 cm³/mol. The fourth-order valence-electron chi connectivity index (χ4n) is 5.54. The molecule has 6 rings (SSSR count). The summed E-state index contributed by atoms with van der Waals surface area (Å²) in [7, 11) is 0. The van der Waals surface area contributed by atoms with E-state index in [0.29, 0.717) is 0 Å². The molecule has 6 aromatic rings. The third kappa shape index (κ3) is 20.4. The summed E-state index contributed by atoms with van der Waals surface area (Å²) in [5, 5.41) is 85.5. The van der Waals surface area contributed by atoms with E-state index in [4.69, 9.17) is 60.5 Å². The number of aromatic carboxylic acids is 10. The number of carboxylic acid groups (broad SMARTS) is 10. The van der Waals surface area contributed by atoms with E-state index in [1.807, 2.05) is 0 Å². The van der Waals surface area contributed by atoms with E-state index in [0.717, 1.165) is 0 Å². The van der Waals surface area contributed by atoms with Crippen LogP contribution < -0.4 is 0 Å². The number of benzene rings is 6. The molecule has 6 aromatic carbocycles. The van der Waals surface area contributed by atoms with Gasteiger partial charge in [-0.05, 0) is 86.6 Å². The summed E-state index contributed by atoms with van der Waals surface area (Å²) >= 11 is 0. The number of ether oxygens (including phenoxy) is 2. The number of carbonyl (C=O) groups excluding carboxylic acids is 2. The van der Waals surface area contributed by atoms with Gasteiger partial charge >= 0.3 is 71.6 Å². The molecule has 10 N–H and O–H groups in total. The van der Waals surface area contributed by atoms with Gasteiger partial charge in [0.05, 0.1) is 80.0 Å². The van der Waals surface area contributed by atoms with Crippen LogP contribution in [0.15, 0.2) is 146 Å². The molecule has 0 aliphatic heterocycles. The van der Waals surface area contributed by atoms with E-state index in [1.165, 1.54) is 121 Å². The second kappa shape index (κ2) is 32.0. The van der Waals surface area contributed by atoms with Crippen molar-refractivity contribution in [1.82, 2.24) is 0 Å². The number of carboxylic acids is 10. The third-order valence-corrected chi connectivity index (χ3v) is 8.86. The van der Waals surface area contributed by atoms with Crippen molar-refractivity contribution in [2.45, 2.75) is 13.8 Å². The van der Waals surface area contributed by atoms with Crippen LogP contribution in [0.4, 0.5) is 0 Å². The van der Waals surface area contributed by atoms with Gasteiger partial charge in [0.1, 0.15) is 0 Å².